The number of Topliss-reactive ketones (excluding diaryl/α,β-unsaturated/α-hetero) is 1. The molecule has 0 fully saturated rings. The largest absolute Gasteiger partial charge is 0.326 e. The normalized spacial score (nSPS) is 15.1. The maximum absolute atomic E-state index is 12.4. The van der Waals surface area contributed by atoms with Crippen molar-refractivity contribution in [1.82, 2.24) is 0 Å². The number of amides is 1. The minimum absolute atomic E-state index is 0.0724. The lowest BCUT2D eigenvalue weighted by atomic mass is 10.1. The van der Waals surface area contributed by atoms with Gasteiger partial charge < -0.3 is 5.32 Å². The first-order valence-corrected chi connectivity index (χ1v) is 6.84. The van der Waals surface area contributed by atoms with Crippen molar-refractivity contribution >= 4 is 23.5 Å². The zero-order valence-corrected chi connectivity index (χ0v) is 11.7. The number of ketones is 1. The molecule has 104 valence electrons. The molecule has 0 aliphatic heterocycles. The van der Waals surface area contributed by atoms with Crippen LogP contribution in [0.5, 0.6) is 0 Å². The quantitative estimate of drug-likeness (QED) is 0.854. The fourth-order valence-electron chi connectivity index (χ4n) is 2.57. The molecule has 3 nitrogen and oxygen atoms in total. The summed E-state index contributed by atoms with van der Waals surface area (Å²) in [4.78, 5) is 23.5. The van der Waals surface area contributed by atoms with Crippen molar-refractivity contribution in [3.63, 3.8) is 0 Å². The van der Waals surface area contributed by atoms with Gasteiger partial charge in [-0.1, -0.05) is 30.3 Å². The molecule has 2 aromatic rings. The van der Waals surface area contributed by atoms with Crippen molar-refractivity contribution < 1.29 is 9.59 Å². The first-order chi connectivity index (χ1) is 10.1. The Kier molecular flexibility index (Phi) is 3.40. The molecular weight excluding hydrogens is 262 g/mol. The number of benzene rings is 2. The SMILES string of the molecule is CC(=O)Nc1ccc2c(c1)C/C(=C/c1ccccc1)C2=O. The van der Waals surface area contributed by atoms with Gasteiger partial charge in [0, 0.05) is 30.2 Å². The number of nitrogens with one attached hydrogen (secondary N) is 1. The zero-order valence-electron chi connectivity index (χ0n) is 11.7. The highest BCUT2D eigenvalue weighted by Gasteiger charge is 2.24. The molecule has 0 aromatic heterocycles. The average Bonchev–Trinajstić information content (AvgIpc) is 2.75. The van der Waals surface area contributed by atoms with Crippen LogP contribution >= 0.6 is 0 Å². The second kappa shape index (κ2) is 5.37. The molecule has 0 bridgehead atoms. The van der Waals surface area contributed by atoms with Gasteiger partial charge in [-0.3, -0.25) is 9.59 Å². The summed E-state index contributed by atoms with van der Waals surface area (Å²) in [6.45, 7) is 1.47. The van der Waals surface area contributed by atoms with E-state index in [1.807, 2.05) is 42.5 Å². The van der Waals surface area contributed by atoms with E-state index >= 15 is 0 Å². The molecule has 0 saturated heterocycles. The van der Waals surface area contributed by atoms with Crippen LogP contribution in [0.25, 0.3) is 6.08 Å². The Morgan fingerprint density at radius 1 is 1.14 bits per heavy atom. The number of hydrogen-bond donors (Lipinski definition) is 1. The van der Waals surface area contributed by atoms with Crippen LogP contribution in [-0.4, -0.2) is 11.7 Å². The highest BCUT2D eigenvalue weighted by atomic mass is 16.1. The molecule has 3 heteroatoms. The van der Waals surface area contributed by atoms with Crippen LogP contribution in [-0.2, 0) is 11.2 Å². The highest BCUT2D eigenvalue weighted by Crippen LogP contribution is 2.30. The number of hydrogen-bond acceptors (Lipinski definition) is 2. The third-order valence-corrected chi connectivity index (χ3v) is 3.48. The molecule has 2 aromatic carbocycles. The third-order valence-electron chi connectivity index (χ3n) is 3.48. The van der Waals surface area contributed by atoms with Crippen molar-refractivity contribution in [2.45, 2.75) is 13.3 Å². The number of carbonyl (C=O) groups is 2. The van der Waals surface area contributed by atoms with Gasteiger partial charge in [-0.25, -0.2) is 0 Å². The number of carbonyl (C=O) groups excluding carboxylic acids is 2. The fraction of sp³-hybridized carbons (Fsp3) is 0.111. The van der Waals surface area contributed by atoms with Crippen LogP contribution in [0.3, 0.4) is 0 Å². The van der Waals surface area contributed by atoms with Gasteiger partial charge in [-0.2, -0.15) is 0 Å². The summed E-state index contributed by atoms with van der Waals surface area (Å²) < 4.78 is 0. The molecule has 0 unspecified atom stereocenters. The van der Waals surface area contributed by atoms with E-state index in [-0.39, 0.29) is 11.7 Å². The average molecular weight is 277 g/mol. The fourth-order valence-corrected chi connectivity index (χ4v) is 2.57. The Morgan fingerprint density at radius 3 is 2.62 bits per heavy atom. The van der Waals surface area contributed by atoms with E-state index in [1.54, 1.807) is 12.1 Å². The summed E-state index contributed by atoms with van der Waals surface area (Å²) in [6, 6.07) is 15.2. The maximum atomic E-state index is 12.4. The van der Waals surface area contributed by atoms with Crippen molar-refractivity contribution in [1.29, 1.82) is 0 Å². The van der Waals surface area contributed by atoms with Crippen LogP contribution in [0, 0.1) is 0 Å². The number of rotatable bonds is 2. The van der Waals surface area contributed by atoms with Crippen LogP contribution < -0.4 is 5.32 Å². The molecule has 1 aliphatic carbocycles. The van der Waals surface area contributed by atoms with Crippen LogP contribution in [0.2, 0.25) is 0 Å². The molecule has 1 N–H and O–H groups in total. The van der Waals surface area contributed by atoms with Gasteiger partial charge >= 0.3 is 0 Å². The predicted octanol–water partition coefficient (Wildman–Crippen LogP) is 3.47. The molecular formula is C18H15NO2. The lowest BCUT2D eigenvalue weighted by Crippen LogP contribution is -2.06. The minimum Gasteiger partial charge on any atom is -0.326 e. The molecule has 0 saturated carbocycles. The van der Waals surface area contributed by atoms with Gasteiger partial charge in [-0.15, -0.1) is 0 Å². The first kappa shape index (κ1) is 13.3. The number of fused-ring (bicyclic) bond motifs is 1. The lowest BCUT2D eigenvalue weighted by Gasteiger charge is -2.03. The minimum atomic E-state index is -0.112. The summed E-state index contributed by atoms with van der Waals surface area (Å²) in [5.74, 6) is -0.0393. The zero-order chi connectivity index (χ0) is 14.8. The van der Waals surface area contributed by atoms with Crippen molar-refractivity contribution in [3.8, 4) is 0 Å². The van der Waals surface area contributed by atoms with Crippen LogP contribution in [0.15, 0.2) is 54.1 Å². The number of allylic oxidation sites excluding steroid dienone is 1. The second-order valence-electron chi connectivity index (χ2n) is 5.14. The standard InChI is InChI=1S/C18H15NO2/c1-12(20)19-16-7-8-17-14(11-16)10-15(18(17)21)9-13-5-3-2-4-6-13/h2-9,11H,10H2,1H3,(H,19,20)/b15-9-. The molecule has 21 heavy (non-hydrogen) atoms. The Bertz CT molecular complexity index is 745. The summed E-state index contributed by atoms with van der Waals surface area (Å²) in [5.41, 5.74) is 4.24. The molecule has 0 atom stereocenters. The molecule has 0 spiro atoms. The summed E-state index contributed by atoms with van der Waals surface area (Å²) in [6.07, 6.45) is 2.54. The van der Waals surface area contributed by atoms with Crippen LogP contribution in [0.4, 0.5) is 5.69 Å². The highest BCUT2D eigenvalue weighted by molar-refractivity contribution is 6.15. The van der Waals surface area contributed by atoms with Crippen LogP contribution in [0.1, 0.15) is 28.4 Å². The molecule has 3 rings (SSSR count). The van der Waals surface area contributed by atoms with E-state index in [2.05, 4.69) is 5.32 Å². The molecule has 0 radical (unpaired) electrons. The Morgan fingerprint density at radius 2 is 1.90 bits per heavy atom. The van der Waals surface area contributed by atoms with Gasteiger partial charge in [0.05, 0.1) is 0 Å². The van der Waals surface area contributed by atoms with E-state index < -0.39 is 0 Å². The third kappa shape index (κ3) is 2.77. The topological polar surface area (TPSA) is 46.2 Å². The Hall–Kier alpha value is -2.68. The van der Waals surface area contributed by atoms with Crippen molar-refractivity contribution in [2.75, 3.05) is 5.32 Å². The Balaban J connectivity index is 1.91. The summed E-state index contributed by atoms with van der Waals surface area (Å²) >= 11 is 0. The second-order valence-corrected chi connectivity index (χ2v) is 5.14. The first-order valence-electron chi connectivity index (χ1n) is 6.84. The molecule has 0 heterocycles. The maximum Gasteiger partial charge on any atom is 0.221 e. The van der Waals surface area contributed by atoms with Gasteiger partial charge in [0.1, 0.15) is 0 Å². The van der Waals surface area contributed by atoms with Gasteiger partial charge in [0.15, 0.2) is 5.78 Å². The van der Waals surface area contributed by atoms with E-state index in [0.29, 0.717) is 6.42 Å². The smallest absolute Gasteiger partial charge is 0.221 e. The monoisotopic (exact) mass is 277 g/mol. The predicted molar refractivity (Wildman–Crippen MR) is 83.2 cm³/mol. The Labute approximate surface area is 123 Å². The van der Waals surface area contributed by atoms with E-state index in [1.165, 1.54) is 6.92 Å². The molecule has 1 amide bonds. The van der Waals surface area contributed by atoms with E-state index in [0.717, 1.165) is 28.0 Å². The van der Waals surface area contributed by atoms with Gasteiger partial charge in [-0.05, 0) is 35.4 Å². The summed E-state index contributed by atoms with van der Waals surface area (Å²) in [7, 11) is 0. The van der Waals surface area contributed by atoms with Gasteiger partial charge in [0.25, 0.3) is 0 Å². The van der Waals surface area contributed by atoms with Crippen molar-refractivity contribution in [3.05, 3.63) is 70.8 Å². The summed E-state index contributed by atoms with van der Waals surface area (Å²) in [5, 5.41) is 2.74. The van der Waals surface area contributed by atoms with Gasteiger partial charge in [0.2, 0.25) is 5.91 Å². The van der Waals surface area contributed by atoms with E-state index in [4.69, 9.17) is 0 Å². The van der Waals surface area contributed by atoms with Crippen molar-refractivity contribution in [2.24, 2.45) is 0 Å². The number of anilines is 1. The molecule has 1 aliphatic rings. The van der Waals surface area contributed by atoms with E-state index in [9.17, 15) is 9.59 Å². The lowest BCUT2D eigenvalue weighted by molar-refractivity contribution is -0.114.